The molecule has 3 unspecified atom stereocenters. The molecule has 4 heterocycles. The lowest BCUT2D eigenvalue weighted by molar-refractivity contribution is -0.124. The molecule has 22 heteroatoms. The SMILES string of the molecule is CCC(CC)(NC(=O)C(CCSSC(C)(C)CN(CCOCCOCCOC)c1cc(COc2cc3c(cc2OC)C(=O)N2c4ccccc4CC2C=N3)cc(COc2cc3c(cc2OC)C(=O)N2c4ccccc4CC2CN3)c1)S(=O)(=O)O)C1CCC1. The molecule has 3 amide bonds. The number of para-hydroxylation sites is 2. The first-order valence-electron chi connectivity index (χ1n) is 30.4. The number of aliphatic imine (C=N–C) groups is 1. The van der Waals surface area contributed by atoms with Crippen LogP contribution >= 0.6 is 21.6 Å². The van der Waals surface area contributed by atoms with Gasteiger partial charge in [0.2, 0.25) is 5.91 Å². The average Bonchev–Trinajstić information content (AvgIpc) is 2.96. The number of amides is 3. The summed E-state index contributed by atoms with van der Waals surface area (Å²) in [5.74, 6) is 1.21. The number of hydrogen-bond acceptors (Lipinski definition) is 17. The third kappa shape index (κ3) is 14.5. The first kappa shape index (κ1) is 64.5. The number of rotatable bonds is 31. The van der Waals surface area contributed by atoms with E-state index < -0.39 is 31.6 Å². The van der Waals surface area contributed by atoms with Gasteiger partial charge in [-0.1, -0.05) is 78.3 Å². The number of ether oxygens (including phenoxy) is 7. The molecule has 0 radical (unpaired) electrons. The van der Waals surface area contributed by atoms with Crippen molar-refractivity contribution in [3.63, 3.8) is 0 Å². The van der Waals surface area contributed by atoms with E-state index in [4.69, 9.17) is 38.2 Å². The lowest BCUT2D eigenvalue weighted by Gasteiger charge is -2.45. The van der Waals surface area contributed by atoms with Crippen LogP contribution in [0, 0.1) is 5.92 Å². The zero-order valence-electron chi connectivity index (χ0n) is 51.3. The second-order valence-corrected chi connectivity index (χ2v) is 28.3. The Labute approximate surface area is 525 Å². The molecule has 4 aliphatic heterocycles. The van der Waals surface area contributed by atoms with Crippen LogP contribution in [0.3, 0.4) is 0 Å². The smallest absolute Gasteiger partial charge is 0.276 e. The maximum Gasteiger partial charge on any atom is 0.276 e. The number of fused-ring (bicyclic) bond motifs is 8. The molecule has 5 aromatic rings. The minimum absolute atomic E-state index is 0.0588. The minimum Gasteiger partial charge on any atom is -0.493 e. The van der Waals surface area contributed by atoms with Crippen molar-refractivity contribution < 1.29 is 60.5 Å². The van der Waals surface area contributed by atoms with Gasteiger partial charge in [-0.15, -0.1) is 0 Å². The molecule has 3 N–H and O–H groups in total. The summed E-state index contributed by atoms with van der Waals surface area (Å²) in [6.07, 6.45) is 7.52. The third-order valence-electron chi connectivity index (χ3n) is 17.5. The van der Waals surface area contributed by atoms with E-state index >= 15 is 0 Å². The van der Waals surface area contributed by atoms with Crippen LogP contribution in [0.2, 0.25) is 0 Å². The Hall–Kier alpha value is -6.53. The summed E-state index contributed by atoms with van der Waals surface area (Å²) in [7, 11) is 3.04. The van der Waals surface area contributed by atoms with Crippen LogP contribution in [-0.2, 0) is 55.2 Å². The van der Waals surface area contributed by atoms with Crippen LogP contribution in [0.1, 0.15) is 109 Å². The predicted octanol–water partition coefficient (Wildman–Crippen LogP) is 10.9. The number of carbonyl (C=O) groups is 3. The summed E-state index contributed by atoms with van der Waals surface area (Å²) in [4.78, 5) is 53.2. The number of methoxy groups -OCH3 is 3. The average molecular weight is 1260 g/mol. The van der Waals surface area contributed by atoms with E-state index in [-0.39, 0.29) is 55.2 Å². The highest BCUT2D eigenvalue weighted by molar-refractivity contribution is 8.77. The lowest BCUT2D eigenvalue weighted by Crippen LogP contribution is -2.58. The highest BCUT2D eigenvalue weighted by Gasteiger charge is 2.44. The molecule has 19 nitrogen and oxygen atoms in total. The van der Waals surface area contributed by atoms with Gasteiger partial charge < -0.3 is 53.6 Å². The molecule has 1 aliphatic carbocycles. The minimum atomic E-state index is -4.71. The molecular formula is C66H82N6O13S3. The Kier molecular flexibility index (Phi) is 20.9. The van der Waals surface area contributed by atoms with Crippen molar-refractivity contribution in [2.45, 2.75) is 120 Å². The molecule has 5 aliphatic rings. The van der Waals surface area contributed by atoms with Crippen LogP contribution < -0.4 is 44.3 Å². The van der Waals surface area contributed by atoms with E-state index in [2.05, 4.69) is 47.6 Å². The first-order chi connectivity index (χ1) is 42.5. The van der Waals surface area contributed by atoms with Gasteiger partial charge in [-0.3, -0.25) is 28.8 Å². The molecule has 0 saturated heterocycles. The molecule has 3 atom stereocenters. The number of nitrogens with zero attached hydrogens (tertiary/aromatic N) is 4. The van der Waals surface area contributed by atoms with Crippen LogP contribution in [0.4, 0.5) is 28.4 Å². The van der Waals surface area contributed by atoms with E-state index in [1.54, 1.807) is 55.2 Å². The molecule has 5 aromatic carbocycles. The topological polar surface area (TPSA) is 216 Å². The van der Waals surface area contributed by atoms with E-state index in [1.165, 1.54) is 10.8 Å². The van der Waals surface area contributed by atoms with Gasteiger partial charge >= 0.3 is 0 Å². The van der Waals surface area contributed by atoms with Gasteiger partial charge in [-0.2, -0.15) is 8.42 Å². The number of carbonyl (C=O) groups excluding carboxylic acids is 3. The Balaban J connectivity index is 0.922. The van der Waals surface area contributed by atoms with Crippen LogP contribution in [0.15, 0.2) is 96.0 Å². The Bertz CT molecular complexity index is 3470. The van der Waals surface area contributed by atoms with Gasteiger partial charge in [0.15, 0.2) is 28.2 Å². The molecule has 10 rings (SSSR count). The van der Waals surface area contributed by atoms with E-state index in [1.807, 2.05) is 79.6 Å². The molecule has 0 spiro atoms. The number of benzene rings is 5. The molecule has 88 heavy (non-hydrogen) atoms. The van der Waals surface area contributed by atoms with Crippen molar-refractivity contribution in [2.75, 3.05) is 99.8 Å². The number of nitrogens with one attached hydrogen (secondary N) is 2. The molecule has 1 saturated carbocycles. The summed E-state index contributed by atoms with van der Waals surface area (Å²) >= 11 is 0. The Morgan fingerprint density at radius 2 is 1.40 bits per heavy atom. The van der Waals surface area contributed by atoms with Gasteiger partial charge in [0.1, 0.15) is 13.2 Å². The van der Waals surface area contributed by atoms with Crippen molar-refractivity contribution in [1.29, 1.82) is 0 Å². The predicted molar refractivity (Wildman–Crippen MR) is 348 cm³/mol. The standard InChI is InChI=1S/C66H82N6O13S3/c1-8-66(9-2,47-17-14-18-47)69-62(73)61(88(76,77)78)21-28-86-87-65(3,4)42-70(22-23-82-26-27-83-25-24-79-5)48-30-43(40-84-59-36-53-51(34-57(59)80-6)63(74)71-49(38-67-53)32-45-15-10-12-19-55(45)71)29-44(31-48)41-85-60-37-54-52(35-58(60)81-7)64(75)72-50(39-68-54)33-46-16-11-13-20-56(46)72/h10-13,15-16,19-20,29-31,34-38,47,49-50,61,68H,8-9,14,17-18,21-28,32-33,39-42H2,1-7H3,(H,69,73)(H,76,77,78). The first-order valence-corrected chi connectivity index (χ1v) is 34.2. The van der Waals surface area contributed by atoms with Crippen molar-refractivity contribution >= 4 is 84.1 Å². The number of anilines is 4. The van der Waals surface area contributed by atoms with Crippen molar-refractivity contribution in [2.24, 2.45) is 10.9 Å². The Morgan fingerprint density at radius 1 is 0.784 bits per heavy atom. The Morgan fingerprint density at radius 3 is 2.03 bits per heavy atom. The largest absolute Gasteiger partial charge is 0.493 e. The van der Waals surface area contributed by atoms with E-state index in [9.17, 15) is 27.4 Å². The highest BCUT2D eigenvalue weighted by atomic mass is 33.1. The van der Waals surface area contributed by atoms with Gasteiger partial charge in [0.25, 0.3) is 21.9 Å². The summed E-state index contributed by atoms with van der Waals surface area (Å²) in [5.41, 5.74) is 7.87. The van der Waals surface area contributed by atoms with Crippen molar-refractivity contribution in [3.05, 3.63) is 124 Å². The summed E-state index contributed by atoms with van der Waals surface area (Å²) in [6, 6.07) is 28.8. The summed E-state index contributed by atoms with van der Waals surface area (Å²) in [6.45, 7) is 11.9. The van der Waals surface area contributed by atoms with E-state index in [0.29, 0.717) is 117 Å². The maximum atomic E-state index is 14.4. The summed E-state index contributed by atoms with van der Waals surface area (Å²) < 4.78 is 77.9. The number of hydrogen-bond donors (Lipinski definition) is 3. The fourth-order valence-electron chi connectivity index (χ4n) is 12.6. The fraction of sp³-hybridized carbons (Fsp3) is 0.485. The highest BCUT2D eigenvalue weighted by Crippen LogP contribution is 2.45. The quantitative estimate of drug-likeness (QED) is 0.0214. The van der Waals surface area contributed by atoms with Gasteiger partial charge in [0, 0.05) is 84.6 Å². The second kappa shape index (κ2) is 28.5. The molecular weight excluding hydrogens is 1180 g/mol. The molecule has 0 bridgehead atoms. The van der Waals surface area contributed by atoms with Crippen molar-refractivity contribution in [3.8, 4) is 23.0 Å². The lowest BCUT2D eigenvalue weighted by atomic mass is 9.68. The maximum absolute atomic E-state index is 14.4. The van der Waals surface area contributed by atoms with Gasteiger partial charge in [-0.05, 0) is 123 Å². The fourth-order valence-corrected chi connectivity index (χ4v) is 16.1. The zero-order valence-corrected chi connectivity index (χ0v) is 53.8. The van der Waals surface area contributed by atoms with E-state index in [0.717, 1.165) is 65.0 Å². The van der Waals surface area contributed by atoms with Crippen LogP contribution in [-0.4, -0.2) is 144 Å². The monoisotopic (exact) mass is 1260 g/mol. The normalized spacial score (nSPS) is 17.3. The molecule has 1 fully saturated rings. The third-order valence-corrected chi connectivity index (χ3v) is 22.0. The molecule has 0 aromatic heterocycles. The zero-order chi connectivity index (χ0) is 62.2. The molecule has 472 valence electrons. The van der Waals surface area contributed by atoms with Crippen LogP contribution in [0.5, 0.6) is 23.0 Å². The second-order valence-electron chi connectivity index (χ2n) is 23.6. The van der Waals surface area contributed by atoms with Crippen LogP contribution in [0.25, 0.3) is 0 Å². The van der Waals surface area contributed by atoms with Gasteiger partial charge in [-0.25, -0.2) is 0 Å². The summed E-state index contributed by atoms with van der Waals surface area (Å²) in [5, 5.41) is 5.03. The van der Waals surface area contributed by atoms with Crippen molar-refractivity contribution in [1.82, 2.24) is 5.32 Å². The van der Waals surface area contributed by atoms with Gasteiger partial charge in [0.05, 0.1) is 81.8 Å².